The van der Waals surface area contributed by atoms with Crippen molar-refractivity contribution < 1.29 is 5.21 Å². The summed E-state index contributed by atoms with van der Waals surface area (Å²) in [5, 5.41) is 15.3. The van der Waals surface area contributed by atoms with Crippen molar-refractivity contribution in [1.82, 2.24) is 14.8 Å². The van der Waals surface area contributed by atoms with Crippen LogP contribution in [0.1, 0.15) is 24.8 Å². The zero-order chi connectivity index (χ0) is 14.4. The molecular weight excluding hydrogens is 274 g/mol. The standard InChI is InChI=1S/C13H23N5OS/c1-2-3-11(13(14)16-19)18-7-5-17(6-8-18)10-12-15-4-9-20-12/h4,9,11,19H,2-3,5-8,10H2,1H3,(H2,14,16). The van der Waals surface area contributed by atoms with Gasteiger partial charge in [0.25, 0.3) is 0 Å². The van der Waals surface area contributed by atoms with Crippen LogP contribution < -0.4 is 5.73 Å². The Labute approximate surface area is 123 Å². The molecule has 1 aromatic heterocycles. The van der Waals surface area contributed by atoms with E-state index in [1.807, 2.05) is 11.6 Å². The highest BCUT2D eigenvalue weighted by atomic mass is 32.1. The molecule has 0 aromatic carbocycles. The van der Waals surface area contributed by atoms with Crippen molar-refractivity contribution in [3.63, 3.8) is 0 Å². The number of aromatic nitrogens is 1. The van der Waals surface area contributed by atoms with Crippen LogP contribution in [0.5, 0.6) is 0 Å². The maximum absolute atomic E-state index is 8.90. The molecule has 1 atom stereocenters. The first-order chi connectivity index (χ1) is 9.74. The Balaban J connectivity index is 1.86. The fourth-order valence-electron chi connectivity index (χ4n) is 2.61. The average Bonchev–Trinajstić information content (AvgIpc) is 2.98. The van der Waals surface area contributed by atoms with Gasteiger partial charge in [-0.25, -0.2) is 4.98 Å². The Morgan fingerprint density at radius 1 is 1.50 bits per heavy atom. The van der Waals surface area contributed by atoms with E-state index < -0.39 is 0 Å². The summed E-state index contributed by atoms with van der Waals surface area (Å²) in [6.45, 7) is 6.94. The zero-order valence-electron chi connectivity index (χ0n) is 11.9. The van der Waals surface area contributed by atoms with Crippen LogP contribution in [0.15, 0.2) is 16.7 Å². The SMILES string of the molecule is CCCC(/C(N)=N/O)N1CCN(Cc2nccs2)CC1. The summed E-state index contributed by atoms with van der Waals surface area (Å²) in [4.78, 5) is 9.05. The van der Waals surface area contributed by atoms with Crippen molar-refractivity contribution in [3.05, 3.63) is 16.6 Å². The number of hydrogen-bond acceptors (Lipinski definition) is 6. The largest absolute Gasteiger partial charge is 0.409 e. The lowest BCUT2D eigenvalue weighted by molar-refractivity contribution is 0.108. The molecule has 0 bridgehead atoms. The van der Waals surface area contributed by atoms with Gasteiger partial charge in [0.2, 0.25) is 0 Å². The van der Waals surface area contributed by atoms with E-state index in [0.29, 0.717) is 5.84 Å². The number of oxime groups is 1. The van der Waals surface area contributed by atoms with Crippen molar-refractivity contribution in [2.45, 2.75) is 32.4 Å². The van der Waals surface area contributed by atoms with Crippen molar-refractivity contribution >= 4 is 17.2 Å². The second-order valence-corrected chi connectivity index (χ2v) is 6.05. The topological polar surface area (TPSA) is 78.0 Å². The number of piperazine rings is 1. The third kappa shape index (κ3) is 3.91. The van der Waals surface area contributed by atoms with E-state index in [1.165, 1.54) is 5.01 Å². The minimum Gasteiger partial charge on any atom is -0.409 e. The molecule has 3 N–H and O–H groups in total. The molecule has 0 radical (unpaired) electrons. The molecule has 7 heteroatoms. The predicted molar refractivity (Wildman–Crippen MR) is 81.1 cm³/mol. The van der Waals surface area contributed by atoms with Gasteiger partial charge in [-0.3, -0.25) is 9.80 Å². The normalized spacial score (nSPS) is 20.1. The number of hydrogen-bond donors (Lipinski definition) is 2. The van der Waals surface area contributed by atoms with Gasteiger partial charge >= 0.3 is 0 Å². The summed E-state index contributed by atoms with van der Waals surface area (Å²) in [6.07, 6.45) is 3.81. The third-order valence-corrected chi connectivity index (χ3v) is 4.47. The smallest absolute Gasteiger partial charge is 0.156 e. The number of amidine groups is 1. The molecule has 1 aliphatic rings. The van der Waals surface area contributed by atoms with Crippen LogP contribution in [-0.2, 0) is 6.54 Å². The third-order valence-electron chi connectivity index (χ3n) is 3.71. The molecule has 20 heavy (non-hydrogen) atoms. The molecule has 1 aromatic rings. The molecule has 0 saturated carbocycles. The summed E-state index contributed by atoms with van der Waals surface area (Å²) >= 11 is 1.70. The highest BCUT2D eigenvalue weighted by Crippen LogP contribution is 2.14. The average molecular weight is 297 g/mol. The van der Waals surface area contributed by atoms with E-state index in [4.69, 9.17) is 10.9 Å². The van der Waals surface area contributed by atoms with Crippen molar-refractivity contribution in [1.29, 1.82) is 0 Å². The fourth-order valence-corrected chi connectivity index (χ4v) is 3.27. The molecular formula is C13H23N5OS. The van der Waals surface area contributed by atoms with Gasteiger partial charge in [0.05, 0.1) is 12.6 Å². The number of nitrogens with zero attached hydrogens (tertiary/aromatic N) is 4. The molecule has 2 rings (SSSR count). The Kier molecular flexibility index (Phi) is 5.75. The Bertz CT molecular complexity index is 414. The van der Waals surface area contributed by atoms with E-state index >= 15 is 0 Å². The lowest BCUT2D eigenvalue weighted by Gasteiger charge is -2.38. The molecule has 1 unspecified atom stereocenters. The van der Waals surface area contributed by atoms with Crippen molar-refractivity contribution in [2.75, 3.05) is 26.2 Å². The van der Waals surface area contributed by atoms with Crippen LogP contribution in [0.3, 0.4) is 0 Å². The highest BCUT2D eigenvalue weighted by Gasteiger charge is 2.26. The van der Waals surface area contributed by atoms with E-state index in [9.17, 15) is 0 Å². The second kappa shape index (κ2) is 7.56. The predicted octanol–water partition coefficient (Wildman–Crippen LogP) is 1.18. The highest BCUT2D eigenvalue weighted by molar-refractivity contribution is 7.09. The van der Waals surface area contributed by atoms with Gasteiger partial charge in [-0.15, -0.1) is 11.3 Å². The summed E-state index contributed by atoms with van der Waals surface area (Å²) in [5.74, 6) is 0.334. The molecule has 0 aliphatic carbocycles. The zero-order valence-corrected chi connectivity index (χ0v) is 12.7. The molecule has 112 valence electrons. The summed E-state index contributed by atoms with van der Waals surface area (Å²) in [5.41, 5.74) is 5.81. The molecule has 1 saturated heterocycles. The number of nitrogens with two attached hydrogens (primary N) is 1. The van der Waals surface area contributed by atoms with Gasteiger partial charge in [0.1, 0.15) is 5.01 Å². The number of rotatable bonds is 6. The fraction of sp³-hybridized carbons (Fsp3) is 0.692. The Hall–Kier alpha value is -1.18. The Morgan fingerprint density at radius 2 is 2.25 bits per heavy atom. The maximum Gasteiger partial charge on any atom is 0.156 e. The summed E-state index contributed by atoms with van der Waals surface area (Å²) in [6, 6.07) is 0.0620. The van der Waals surface area contributed by atoms with Crippen LogP contribution in [0, 0.1) is 0 Å². The number of thiazole rings is 1. The lowest BCUT2D eigenvalue weighted by atomic mass is 10.1. The van der Waals surface area contributed by atoms with Gasteiger partial charge in [-0.1, -0.05) is 18.5 Å². The molecule has 0 amide bonds. The van der Waals surface area contributed by atoms with E-state index in [1.54, 1.807) is 11.3 Å². The maximum atomic E-state index is 8.90. The first kappa shape index (κ1) is 15.2. The van der Waals surface area contributed by atoms with Crippen LogP contribution in [0.4, 0.5) is 0 Å². The van der Waals surface area contributed by atoms with Crippen LogP contribution in [-0.4, -0.2) is 58.0 Å². The monoisotopic (exact) mass is 297 g/mol. The molecule has 2 heterocycles. The van der Waals surface area contributed by atoms with E-state index in [-0.39, 0.29) is 6.04 Å². The van der Waals surface area contributed by atoms with Crippen molar-refractivity contribution in [3.8, 4) is 0 Å². The first-order valence-electron chi connectivity index (χ1n) is 7.06. The first-order valence-corrected chi connectivity index (χ1v) is 7.94. The minimum atomic E-state index is 0.0620. The summed E-state index contributed by atoms with van der Waals surface area (Å²) < 4.78 is 0. The Morgan fingerprint density at radius 3 is 2.80 bits per heavy atom. The molecule has 0 spiro atoms. The van der Waals surface area contributed by atoms with Gasteiger partial charge in [-0.2, -0.15) is 0 Å². The minimum absolute atomic E-state index is 0.0620. The van der Waals surface area contributed by atoms with Gasteiger partial charge in [0, 0.05) is 37.8 Å². The van der Waals surface area contributed by atoms with Crippen LogP contribution in [0.25, 0.3) is 0 Å². The summed E-state index contributed by atoms with van der Waals surface area (Å²) in [7, 11) is 0. The lowest BCUT2D eigenvalue weighted by Crippen LogP contribution is -2.53. The molecule has 6 nitrogen and oxygen atoms in total. The van der Waals surface area contributed by atoms with E-state index in [0.717, 1.165) is 45.6 Å². The van der Waals surface area contributed by atoms with Crippen LogP contribution in [0.2, 0.25) is 0 Å². The van der Waals surface area contributed by atoms with Crippen LogP contribution >= 0.6 is 11.3 Å². The van der Waals surface area contributed by atoms with Gasteiger partial charge in [0.15, 0.2) is 5.84 Å². The van der Waals surface area contributed by atoms with Gasteiger partial charge < -0.3 is 10.9 Å². The molecule has 1 fully saturated rings. The quantitative estimate of drug-likeness (QED) is 0.357. The van der Waals surface area contributed by atoms with Gasteiger partial charge in [-0.05, 0) is 6.42 Å². The van der Waals surface area contributed by atoms with Crippen molar-refractivity contribution in [2.24, 2.45) is 10.9 Å². The van der Waals surface area contributed by atoms with E-state index in [2.05, 4.69) is 26.9 Å². The second-order valence-electron chi connectivity index (χ2n) is 5.07. The molecule has 1 aliphatic heterocycles.